The Hall–Kier alpha value is -1.61. The van der Waals surface area contributed by atoms with E-state index in [1.54, 1.807) is 0 Å². The zero-order valence-electron chi connectivity index (χ0n) is 12.7. The molecule has 1 saturated carbocycles. The van der Waals surface area contributed by atoms with Crippen LogP contribution in [0.15, 0.2) is 43.0 Å². The van der Waals surface area contributed by atoms with Gasteiger partial charge in [0.15, 0.2) is 0 Å². The zero-order chi connectivity index (χ0) is 15.1. The second-order valence-electron chi connectivity index (χ2n) is 5.74. The number of carbonyl (C=O) groups is 1. The number of methoxy groups -OCH3 is 1. The van der Waals surface area contributed by atoms with Crippen molar-refractivity contribution in [1.82, 2.24) is 0 Å². The predicted molar refractivity (Wildman–Crippen MR) is 82.7 cm³/mol. The van der Waals surface area contributed by atoms with Crippen LogP contribution in [0.2, 0.25) is 0 Å². The highest BCUT2D eigenvalue weighted by atomic mass is 16.5. The van der Waals surface area contributed by atoms with Crippen LogP contribution in [-0.4, -0.2) is 19.7 Å². The first kappa shape index (κ1) is 15.8. The predicted octanol–water partition coefficient (Wildman–Crippen LogP) is 3.74. The zero-order valence-corrected chi connectivity index (χ0v) is 12.7. The van der Waals surface area contributed by atoms with Gasteiger partial charge in [0.05, 0.1) is 25.7 Å². The Morgan fingerprint density at radius 3 is 2.86 bits per heavy atom. The summed E-state index contributed by atoms with van der Waals surface area (Å²) >= 11 is 0. The van der Waals surface area contributed by atoms with Gasteiger partial charge in [-0.25, -0.2) is 0 Å². The Labute approximate surface area is 127 Å². The first-order chi connectivity index (χ1) is 10.2. The second kappa shape index (κ2) is 7.41. The van der Waals surface area contributed by atoms with Crippen LogP contribution in [0.1, 0.15) is 31.2 Å². The fraction of sp³-hybridized carbons (Fsp3) is 0.500. The van der Waals surface area contributed by atoms with Crippen molar-refractivity contribution in [3.63, 3.8) is 0 Å². The van der Waals surface area contributed by atoms with Gasteiger partial charge in [0, 0.05) is 0 Å². The minimum Gasteiger partial charge on any atom is -0.469 e. The molecule has 1 fully saturated rings. The molecule has 1 aliphatic rings. The van der Waals surface area contributed by atoms with Gasteiger partial charge < -0.3 is 9.47 Å². The molecular weight excluding hydrogens is 264 g/mol. The van der Waals surface area contributed by atoms with E-state index in [4.69, 9.17) is 9.47 Å². The van der Waals surface area contributed by atoms with Crippen molar-refractivity contribution in [3.05, 3.63) is 48.6 Å². The van der Waals surface area contributed by atoms with E-state index in [0.29, 0.717) is 13.2 Å². The summed E-state index contributed by atoms with van der Waals surface area (Å²) in [4.78, 5) is 12.3. The van der Waals surface area contributed by atoms with Gasteiger partial charge in [-0.2, -0.15) is 0 Å². The van der Waals surface area contributed by atoms with Gasteiger partial charge in [0.25, 0.3) is 0 Å². The Balaban J connectivity index is 2.03. The number of ether oxygens (including phenoxy) is 2. The normalized spacial score (nSPS) is 24.7. The molecule has 0 radical (unpaired) electrons. The van der Waals surface area contributed by atoms with Crippen LogP contribution in [-0.2, 0) is 20.9 Å². The monoisotopic (exact) mass is 288 g/mol. The molecule has 21 heavy (non-hydrogen) atoms. The number of carbonyl (C=O) groups excluding carboxylic acids is 1. The summed E-state index contributed by atoms with van der Waals surface area (Å²) in [6, 6.07) is 10.0. The number of esters is 1. The van der Waals surface area contributed by atoms with Crippen LogP contribution in [0.25, 0.3) is 0 Å². The van der Waals surface area contributed by atoms with Gasteiger partial charge in [0.1, 0.15) is 0 Å². The number of benzene rings is 1. The van der Waals surface area contributed by atoms with E-state index in [2.05, 4.69) is 6.58 Å². The second-order valence-corrected chi connectivity index (χ2v) is 5.74. The average Bonchev–Trinajstić information content (AvgIpc) is 2.92. The van der Waals surface area contributed by atoms with Crippen molar-refractivity contribution in [3.8, 4) is 0 Å². The Kier molecular flexibility index (Phi) is 5.57. The Bertz CT molecular complexity index is 469. The number of allylic oxidation sites excluding steroid dienone is 1. The van der Waals surface area contributed by atoms with E-state index in [1.165, 1.54) is 7.11 Å². The van der Waals surface area contributed by atoms with Crippen molar-refractivity contribution in [2.45, 2.75) is 32.3 Å². The minimum atomic E-state index is -0.502. The van der Waals surface area contributed by atoms with Crippen molar-refractivity contribution < 1.29 is 14.3 Å². The summed E-state index contributed by atoms with van der Waals surface area (Å²) in [7, 11) is 1.46. The molecule has 1 aromatic carbocycles. The van der Waals surface area contributed by atoms with Gasteiger partial charge in [-0.15, -0.1) is 6.58 Å². The van der Waals surface area contributed by atoms with Crippen LogP contribution in [0, 0.1) is 11.3 Å². The lowest BCUT2D eigenvalue weighted by molar-refractivity contribution is -0.160. The molecule has 0 spiro atoms. The molecule has 1 aromatic rings. The maximum atomic E-state index is 12.3. The summed E-state index contributed by atoms with van der Waals surface area (Å²) < 4.78 is 10.9. The molecule has 3 nitrogen and oxygen atoms in total. The largest absolute Gasteiger partial charge is 0.469 e. The molecule has 0 unspecified atom stereocenters. The lowest BCUT2D eigenvalue weighted by Gasteiger charge is -2.32. The molecule has 0 bridgehead atoms. The summed E-state index contributed by atoms with van der Waals surface area (Å²) in [6.45, 7) is 4.76. The highest BCUT2D eigenvalue weighted by Crippen LogP contribution is 2.46. The average molecular weight is 288 g/mol. The summed E-state index contributed by atoms with van der Waals surface area (Å²) in [6.07, 6.45) is 5.65. The van der Waals surface area contributed by atoms with Gasteiger partial charge in [-0.1, -0.05) is 42.8 Å². The molecule has 114 valence electrons. The third kappa shape index (κ3) is 3.53. The summed E-state index contributed by atoms with van der Waals surface area (Å²) in [5, 5.41) is 0. The number of hydrogen-bond donors (Lipinski definition) is 0. The number of rotatable bonds is 7. The smallest absolute Gasteiger partial charge is 0.314 e. The van der Waals surface area contributed by atoms with Gasteiger partial charge >= 0.3 is 5.97 Å². The van der Waals surface area contributed by atoms with Gasteiger partial charge in [0.2, 0.25) is 0 Å². The topological polar surface area (TPSA) is 35.5 Å². The molecule has 0 heterocycles. The first-order valence-corrected chi connectivity index (χ1v) is 7.54. The highest BCUT2D eigenvalue weighted by molar-refractivity contribution is 5.77. The van der Waals surface area contributed by atoms with Crippen molar-refractivity contribution >= 4 is 5.97 Å². The van der Waals surface area contributed by atoms with Gasteiger partial charge in [-0.3, -0.25) is 4.79 Å². The van der Waals surface area contributed by atoms with E-state index in [0.717, 1.165) is 31.2 Å². The SMILES string of the molecule is C=CC[C@@H]1CCC[C@@]1(COCc1ccccc1)C(=O)OC. The van der Waals surface area contributed by atoms with Gasteiger partial charge in [-0.05, 0) is 30.7 Å². The molecule has 3 heteroatoms. The summed E-state index contributed by atoms with van der Waals surface area (Å²) in [5.74, 6) is 0.137. The fourth-order valence-corrected chi connectivity index (χ4v) is 3.34. The van der Waals surface area contributed by atoms with Crippen LogP contribution in [0.5, 0.6) is 0 Å². The molecular formula is C18H24O3. The van der Waals surface area contributed by atoms with Crippen LogP contribution in [0.3, 0.4) is 0 Å². The lowest BCUT2D eigenvalue weighted by atomic mass is 9.77. The maximum absolute atomic E-state index is 12.3. The quantitative estimate of drug-likeness (QED) is 0.566. The molecule has 2 rings (SSSR count). The molecule has 1 aliphatic carbocycles. The van der Waals surface area contributed by atoms with Crippen LogP contribution in [0.4, 0.5) is 0 Å². The molecule has 0 aliphatic heterocycles. The van der Waals surface area contributed by atoms with E-state index >= 15 is 0 Å². The third-order valence-corrected chi connectivity index (χ3v) is 4.47. The Morgan fingerprint density at radius 1 is 1.43 bits per heavy atom. The molecule has 0 aromatic heterocycles. The molecule has 0 amide bonds. The molecule has 0 N–H and O–H groups in total. The van der Waals surface area contributed by atoms with E-state index < -0.39 is 5.41 Å². The fourth-order valence-electron chi connectivity index (χ4n) is 3.34. The first-order valence-electron chi connectivity index (χ1n) is 7.54. The van der Waals surface area contributed by atoms with E-state index in [-0.39, 0.29) is 11.9 Å². The number of hydrogen-bond acceptors (Lipinski definition) is 3. The highest BCUT2D eigenvalue weighted by Gasteiger charge is 2.49. The summed E-state index contributed by atoms with van der Waals surface area (Å²) in [5.41, 5.74) is 0.619. The van der Waals surface area contributed by atoms with Crippen molar-refractivity contribution in [2.24, 2.45) is 11.3 Å². The van der Waals surface area contributed by atoms with Crippen molar-refractivity contribution in [1.29, 1.82) is 0 Å². The standard InChI is InChI=1S/C18H24O3/c1-3-8-16-11-7-12-18(16,17(19)20-2)14-21-13-15-9-5-4-6-10-15/h3-6,9-10,16H,1,7-8,11-14H2,2H3/t16-,18+/m1/s1. The third-order valence-electron chi connectivity index (χ3n) is 4.47. The van der Waals surface area contributed by atoms with Crippen LogP contribution < -0.4 is 0 Å². The van der Waals surface area contributed by atoms with Crippen LogP contribution >= 0.6 is 0 Å². The van der Waals surface area contributed by atoms with Crippen molar-refractivity contribution in [2.75, 3.05) is 13.7 Å². The van der Waals surface area contributed by atoms with E-state index in [1.807, 2.05) is 36.4 Å². The minimum absolute atomic E-state index is 0.139. The Morgan fingerprint density at radius 2 is 2.19 bits per heavy atom. The lowest BCUT2D eigenvalue weighted by Crippen LogP contribution is -2.40. The van der Waals surface area contributed by atoms with E-state index in [9.17, 15) is 4.79 Å². The molecule has 0 saturated heterocycles. The molecule has 2 atom stereocenters. The maximum Gasteiger partial charge on any atom is 0.314 e.